The van der Waals surface area contributed by atoms with Crippen molar-refractivity contribution in [3.8, 4) is 0 Å². The summed E-state index contributed by atoms with van der Waals surface area (Å²) in [6, 6.07) is 0. The van der Waals surface area contributed by atoms with Crippen molar-refractivity contribution in [1.29, 1.82) is 0 Å². The van der Waals surface area contributed by atoms with E-state index in [-0.39, 0.29) is 20.8 Å². The molecule has 0 aromatic heterocycles. The van der Waals surface area contributed by atoms with Crippen molar-refractivity contribution < 1.29 is 15.7 Å². The van der Waals surface area contributed by atoms with Gasteiger partial charge >= 0.3 is 0 Å². The molecule has 112 valence electrons. The number of hydrogen-bond acceptors (Lipinski definition) is 3. The molecular formula is C13H31NO3S. The number of hydrogen-bond donors (Lipinski definition) is 1. The maximum absolute atomic E-state index is 10.5. The highest BCUT2D eigenvalue weighted by molar-refractivity contribution is 7.59. The van der Waals surface area contributed by atoms with Crippen molar-refractivity contribution in [3.63, 3.8) is 0 Å². The molecule has 0 aliphatic carbocycles. The van der Waals surface area contributed by atoms with Gasteiger partial charge in [0.1, 0.15) is 0 Å². The summed E-state index contributed by atoms with van der Waals surface area (Å²) in [5.74, 6) is 0.780. The Kier molecular flexibility index (Phi) is 16.5. The van der Waals surface area contributed by atoms with Crippen LogP contribution in [0, 0.1) is 5.92 Å². The van der Waals surface area contributed by atoms with Crippen LogP contribution in [0.25, 0.3) is 0 Å². The van der Waals surface area contributed by atoms with E-state index in [1.54, 1.807) is 0 Å². The fraction of sp³-hybridized carbons (Fsp3) is 0.923. The van der Waals surface area contributed by atoms with Gasteiger partial charge in [-0.1, -0.05) is 20.3 Å². The van der Waals surface area contributed by atoms with E-state index in [1.165, 1.54) is 19.8 Å². The lowest BCUT2D eigenvalue weighted by Gasteiger charge is -2.08. The van der Waals surface area contributed by atoms with Gasteiger partial charge in [-0.25, -0.2) is 0 Å². The van der Waals surface area contributed by atoms with Gasteiger partial charge < -0.3 is 14.8 Å². The molecular weight excluding hydrogens is 250 g/mol. The van der Waals surface area contributed by atoms with Gasteiger partial charge in [-0.05, 0) is 18.8 Å². The molecule has 0 aromatic carbocycles. The van der Waals surface area contributed by atoms with Crippen molar-refractivity contribution in [3.05, 3.63) is 0 Å². The normalized spacial score (nSPS) is 11.7. The van der Waals surface area contributed by atoms with Gasteiger partial charge in [0.25, 0.3) is 0 Å². The number of nitrogens with one attached hydrogen (secondary N) is 1. The number of rotatable bonds is 11. The quantitative estimate of drug-likeness (QED) is 0.591. The smallest absolute Gasteiger partial charge is 0.216 e. The van der Waals surface area contributed by atoms with Gasteiger partial charge in [-0.15, -0.1) is 0 Å². The molecule has 0 aromatic rings. The molecule has 0 rings (SSSR count). The largest absolute Gasteiger partial charge is 0.379 e. The third kappa shape index (κ3) is 15.7. The summed E-state index contributed by atoms with van der Waals surface area (Å²) in [4.78, 5) is 10.5. The highest BCUT2D eigenvalue weighted by Crippen LogP contribution is 2.08. The first kappa shape index (κ1) is 20.1. The first-order chi connectivity index (χ1) is 8.16. The minimum Gasteiger partial charge on any atom is -0.379 e. The summed E-state index contributed by atoms with van der Waals surface area (Å²) in [6.07, 6.45) is 3.60. The Balaban J connectivity index is -0.00000128. The second kappa shape index (κ2) is 14.8. The van der Waals surface area contributed by atoms with Crippen LogP contribution < -0.4 is 5.32 Å². The third-order valence-corrected chi connectivity index (χ3v) is 2.67. The van der Waals surface area contributed by atoms with Crippen molar-refractivity contribution in [2.45, 2.75) is 40.0 Å². The van der Waals surface area contributed by atoms with Crippen LogP contribution >= 0.6 is 13.5 Å². The summed E-state index contributed by atoms with van der Waals surface area (Å²) in [5, 5.41) is 2.67. The van der Waals surface area contributed by atoms with E-state index in [0.717, 1.165) is 18.9 Å². The molecule has 1 atom stereocenters. The van der Waals surface area contributed by atoms with Gasteiger partial charge in [-0.3, -0.25) is 4.79 Å². The maximum atomic E-state index is 10.5. The summed E-state index contributed by atoms with van der Waals surface area (Å²) in [7, 11) is 0. The number of amides is 1. The molecule has 0 bridgehead atoms. The van der Waals surface area contributed by atoms with E-state index in [0.29, 0.717) is 26.4 Å². The standard InChI is InChI=1S/C13H27NO3.H2S.H2/c1-4-12(2)6-5-8-16-10-11-17-9-7-14-13(3)15;;/h12H,4-11H2,1-3H3,(H,14,15);1H2;1H. The highest BCUT2D eigenvalue weighted by atomic mass is 32.1. The highest BCUT2D eigenvalue weighted by Gasteiger charge is 1.98. The van der Waals surface area contributed by atoms with Crippen LogP contribution in [0.5, 0.6) is 0 Å². The zero-order valence-electron chi connectivity index (χ0n) is 12.0. The maximum Gasteiger partial charge on any atom is 0.216 e. The SMILES string of the molecule is CCC(C)CCCOCCOCCNC(C)=O.S.[HH]. The Morgan fingerprint density at radius 1 is 1.22 bits per heavy atom. The third-order valence-electron chi connectivity index (χ3n) is 2.67. The molecule has 0 aliphatic rings. The van der Waals surface area contributed by atoms with Crippen molar-refractivity contribution in [1.82, 2.24) is 5.32 Å². The number of carbonyl (C=O) groups is 1. The first-order valence-corrected chi connectivity index (χ1v) is 6.56. The predicted octanol–water partition coefficient (Wildman–Crippen LogP) is 2.34. The number of ether oxygens (including phenoxy) is 2. The average molecular weight is 281 g/mol. The Bertz CT molecular complexity index is 197. The summed E-state index contributed by atoms with van der Waals surface area (Å²) >= 11 is 0. The van der Waals surface area contributed by atoms with E-state index in [9.17, 15) is 4.79 Å². The van der Waals surface area contributed by atoms with E-state index < -0.39 is 0 Å². The first-order valence-electron chi connectivity index (χ1n) is 6.56. The van der Waals surface area contributed by atoms with Gasteiger partial charge in [-0.2, -0.15) is 13.5 Å². The molecule has 4 nitrogen and oxygen atoms in total. The van der Waals surface area contributed by atoms with Crippen LogP contribution in [0.2, 0.25) is 0 Å². The molecule has 0 saturated heterocycles. The second-order valence-electron chi connectivity index (χ2n) is 4.36. The van der Waals surface area contributed by atoms with Crippen LogP contribution in [-0.4, -0.2) is 38.9 Å². The van der Waals surface area contributed by atoms with E-state index in [2.05, 4.69) is 19.2 Å². The molecule has 5 heteroatoms. The zero-order valence-corrected chi connectivity index (χ0v) is 13.0. The summed E-state index contributed by atoms with van der Waals surface area (Å²) < 4.78 is 10.7. The molecule has 18 heavy (non-hydrogen) atoms. The Labute approximate surface area is 120 Å². The fourth-order valence-corrected chi connectivity index (χ4v) is 1.36. The van der Waals surface area contributed by atoms with Gasteiger partial charge in [0.2, 0.25) is 5.91 Å². The van der Waals surface area contributed by atoms with E-state index in [1.807, 2.05) is 0 Å². The monoisotopic (exact) mass is 281 g/mol. The van der Waals surface area contributed by atoms with Crippen LogP contribution in [0.1, 0.15) is 41.5 Å². The summed E-state index contributed by atoms with van der Waals surface area (Å²) in [6.45, 7) is 9.17. The van der Waals surface area contributed by atoms with Crippen LogP contribution in [0.3, 0.4) is 0 Å². The van der Waals surface area contributed by atoms with Gasteiger partial charge in [0.05, 0.1) is 19.8 Å². The molecule has 0 fully saturated rings. The fourth-order valence-electron chi connectivity index (χ4n) is 1.36. The van der Waals surface area contributed by atoms with Crippen molar-refractivity contribution >= 4 is 19.4 Å². The molecule has 0 saturated carbocycles. The van der Waals surface area contributed by atoms with E-state index >= 15 is 0 Å². The van der Waals surface area contributed by atoms with Gasteiger partial charge in [0.15, 0.2) is 0 Å². The molecule has 1 N–H and O–H groups in total. The predicted molar refractivity (Wildman–Crippen MR) is 81.5 cm³/mol. The lowest BCUT2D eigenvalue weighted by molar-refractivity contribution is -0.119. The van der Waals surface area contributed by atoms with Crippen LogP contribution in [0.4, 0.5) is 0 Å². The Morgan fingerprint density at radius 3 is 2.39 bits per heavy atom. The van der Waals surface area contributed by atoms with Crippen LogP contribution in [-0.2, 0) is 14.3 Å². The number of carbonyl (C=O) groups excluding carboxylic acids is 1. The Hall–Kier alpha value is -0.260. The average Bonchev–Trinajstić information content (AvgIpc) is 2.30. The minimum atomic E-state index is -0.0186. The lowest BCUT2D eigenvalue weighted by Crippen LogP contribution is -2.24. The minimum absolute atomic E-state index is 0. The topological polar surface area (TPSA) is 47.6 Å². The second-order valence-corrected chi connectivity index (χ2v) is 4.36. The molecule has 1 unspecified atom stereocenters. The Morgan fingerprint density at radius 2 is 1.83 bits per heavy atom. The molecule has 0 spiro atoms. The lowest BCUT2D eigenvalue weighted by atomic mass is 10.0. The van der Waals surface area contributed by atoms with Crippen LogP contribution in [0.15, 0.2) is 0 Å². The van der Waals surface area contributed by atoms with Gasteiger partial charge in [0, 0.05) is 21.5 Å². The zero-order chi connectivity index (χ0) is 12.9. The molecule has 0 radical (unpaired) electrons. The summed E-state index contributed by atoms with van der Waals surface area (Å²) in [5.41, 5.74) is 0. The van der Waals surface area contributed by atoms with Crippen molar-refractivity contribution in [2.24, 2.45) is 5.92 Å². The molecule has 0 heterocycles. The van der Waals surface area contributed by atoms with E-state index in [4.69, 9.17) is 9.47 Å². The molecule has 1 amide bonds. The molecule has 0 aliphatic heterocycles. The van der Waals surface area contributed by atoms with Crippen molar-refractivity contribution in [2.75, 3.05) is 33.0 Å².